The first-order valence-electron chi connectivity index (χ1n) is 11.9. The average molecular weight is 431 g/mol. The van der Waals surface area contributed by atoms with Gasteiger partial charge >= 0.3 is 5.97 Å². The van der Waals surface area contributed by atoms with Crippen molar-refractivity contribution in [3.05, 3.63) is 77.9 Å². The van der Waals surface area contributed by atoms with Gasteiger partial charge in [-0.15, -0.1) is 0 Å². The van der Waals surface area contributed by atoms with Crippen LogP contribution in [-0.2, 0) is 16.0 Å². The van der Waals surface area contributed by atoms with E-state index in [4.69, 9.17) is 4.74 Å². The zero-order chi connectivity index (χ0) is 22.3. The van der Waals surface area contributed by atoms with E-state index in [9.17, 15) is 4.79 Å². The number of unbranched alkanes of at least 4 members (excludes halogenated alkanes) is 1. The zero-order valence-corrected chi connectivity index (χ0v) is 19.2. The van der Waals surface area contributed by atoms with E-state index in [0.29, 0.717) is 25.1 Å². The number of fused-ring (bicyclic) bond motifs is 1. The smallest absolute Gasteiger partial charge is 0.310 e. The molecule has 0 spiro atoms. The summed E-state index contributed by atoms with van der Waals surface area (Å²) < 4.78 is 5.27. The number of nitrogens with zero attached hydrogens (tertiary/aromatic N) is 1. The number of esters is 1. The van der Waals surface area contributed by atoms with Crippen LogP contribution < -0.4 is 10.2 Å². The maximum Gasteiger partial charge on any atom is 0.310 e. The largest absolute Gasteiger partial charge is 0.465 e. The molecule has 0 amide bonds. The monoisotopic (exact) mass is 430 g/mol. The van der Waals surface area contributed by atoms with Crippen LogP contribution in [0.5, 0.6) is 0 Å². The number of nitrogens with one attached hydrogen (secondary N) is 1. The number of benzene rings is 3. The summed E-state index contributed by atoms with van der Waals surface area (Å²) in [6, 6.07) is 24.3. The Hall–Kier alpha value is -2.85. The van der Waals surface area contributed by atoms with Gasteiger partial charge in [0.05, 0.1) is 13.0 Å². The Morgan fingerprint density at radius 3 is 2.69 bits per heavy atom. The van der Waals surface area contributed by atoms with Crippen LogP contribution in [0, 0.1) is 0 Å². The fourth-order valence-electron chi connectivity index (χ4n) is 4.57. The van der Waals surface area contributed by atoms with Gasteiger partial charge in [0.15, 0.2) is 0 Å². The first-order chi connectivity index (χ1) is 15.6. The Bertz CT molecular complexity index is 1030. The molecule has 1 aliphatic heterocycles. The SMILES string of the molecule is CCCCOC(=O)Cc1ccc(N2CC[C@H](N[C@H](C)c3cccc4ccccc34)C2)cc1. The van der Waals surface area contributed by atoms with Gasteiger partial charge in [0.25, 0.3) is 0 Å². The van der Waals surface area contributed by atoms with Crippen molar-refractivity contribution < 1.29 is 9.53 Å². The first kappa shape index (κ1) is 22.3. The molecule has 0 aromatic heterocycles. The normalized spacial score (nSPS) is 16.9. The Balaban J connectivity index is 1.32. The Morgan fingerprint density at radius 2 is 1.88 bits per heavy atom. The van der Waals surface area contributed by atoms with E-state index >= 15 is 0 Å². The maximum absolute atomic E-state index is 11.9. The fraction of sp³-hybridized carbons (Fsp3) is 0.393. The van der Waals surface area contributed by atoms with Crippen LogP contribution in [0.4, 0.5) is 5.69 Å². The summed E-state index contributed by atoms with van der Waals surface area (Å²) in [7, 11) is 0. The predicted molar refractivity (Wildman–Crippen MR) is 132 cm³/mol. The summed E-state index contributed by atoms with van der Waals surface area (Å²) in [6.45, 7) is 6.91. The summed E-state index contributed by atoms with van der Waals surface area (Å²) in [6.07, 6.45) is 3.43. The highest BCUT2D eigenvalue weighted by Crippen LogP contribution is 2.27. The van der Waals surface area contributed by atoms with Crippen molar-refractivity contribution in [3.63, 3.8) is 0 Å². The van der Waals surface area contributed by atoms with Gasteiger partial charge in [0.2, 0.25) is 0 Å². The third-order valence-corrected chi connectivity index (χ3v) is 6.37. The van der Waals surface area contributed by atoms with Crippen LogP contribution in [0.15, 0.2) is 66.7 Å². The van der Waals surface area contributed by atoms with Crippen molar-refractivity contribution in [2.45, 2.75) is 51.6 Å². The summed E-state index contributed by atoms with van der Waals surface area (Å²) in [5, 5.41) is 6.47. The molecule has 32 heavy (non-hydrogen) atoms. The second kappa shape index (κ2) is 10.6. The average Bonchev–Trinajstić information content (AvgIpc) is 3.27. The molecule has 0 radical (unpaired) electrons. The van der Waals surface area contributed by atoms with E-state index in [2.05, 4.69) is 90.8 Å². The van der Waals surface area contributed by atoms with Crippen molar-refractivity contribution in [2.75, 3.05) is 24.6 Å². The number of hydrogen-bond acceptors (Lipinski definition) is 4. The van der Waals surface area contributed by atoms with Gasteiger partial charge in [-0.25, -0.2) is 0 Å². The molecule has 1 fully saturated rings. The second-order valence-corrected chi connectivity index (χ2v) is 8.81. The number of carbonyl (C=O) groups excluding carboxylic acids is 1. The minimum Gasteiger partial charge on any atom is -0.465 e. The van der Waals surface area contributed by atoms with Gasteiger partial charge < -0.3 is 15.0 Å². The van der Waals surface area contributed by atoms with E-state index < -0.39 is 0 Å². The molecule has 0 saturated carbocycles. The van der Waals surface area contributed by atoms with Crippen LogP contribution in [0.2, 0.25) is 0 Å². The zero-order valence-electron chi connectivity index (χ0n) is 19.2. The standard InChI is InChI=1S/C28H34N2O2/c1-3-4-18-32-28(31)19-22-12-14-25(15-13-22)30-17-16-24(20-30)29-21(2)26-11-7-9-23-8-5-6-10-27(23)26/h5-15,21,24,29H,3-4,16-20H2,1-2H3/t21-,24+/m1/s1. The molecule has 168 valence electrons. The minimum absolute atomic E-state index is 0.140. The highest BCUT2D eigenvalue weighted by atomic mass is 16.5. The van der Waals surface area contributed by atoms with E-state index in [0.717, 1.165) is 37.9 Å². The molecule has 3 aromatic carbocycles. The third-order valence-electron chi connectivity index (χ3n) is 6.37. The summed E-state index contributed by atoms with van der Waals surface area (Å²) in [5.41, 5.74) is 3.58. The lowest BCUT2D eigenvalue weighted by atomic mass is 9.99. The highest BCUT2D eigenvalue weighted by molar-refractivity contribution is 5.86. The summed E-state index contributed by atoms with van der Waals surface area (Å²) >= 11 is 0. The molecule has 4 rings (SSSR count). The van der Waals surface area contributed by atoms with Crippen molar-refractivity contribution in [3.8, 4) is 0 Å². The maximum atomic E-state index is 11.9. The number of rotatable bonds is 9. The topological polar surface area (TPSA) is 41.6 Å². The molecule has 0 unspecified atom stereocenters. The number of anilines is 1. The molecule has 1 saturated heterocycles. The molecule has 4 heteroatoms. The predicted octanol–water partition coefficient (Wildman–Crippen LogP) is 5.66. The van der Waals surface area contributed by atoms with Gasteiger partial charge in [-0.2, -0.15) is 0 Å². The fourth-order valence-corrected chi connectivity index (χ4v) is 4.57. The second-order valence-electron chi connectivity index (χ2n) is 8.81. The summed E-state index contributed by atoms with van der Waals surface area (Å²) in [5.74, 6) is -0.140. The molecule has 0 aliphatic carbocycles. The Morgan fingerprint density at radius 1 is 1.09 bits per heavy atom. The summed E-state index contributed by atoms with van der Waals surface area (Å²) in [4.78, 5) is 14.4. The number of ether oxygens (including phenoxy) is 1. The molecule has 1 heterocycles. The van der Waals surface area contributed by atoms with E-state index in [-0.39, 0.29) is 5.97 Å². The van der Waals surface area contributed by atoms with E-state index in [1.54, 1.807) is 0 Å². The highest BCUT2D eigenvalue weighted by Gasteiger charge is 2.24. The van der Waals surface area contributed by atoms with Gasteiger partial charge in [0, 0.05) is 30.9 Å². The van der Waals surface area contributed by atoms with Gasteiger partial charge in [-0.1, -0.05) is 67.9 Å². The van der Waals surface area contributed by atoms with Gasteiger partial charge in [-0.3, -0.25) is 4.79 Å². The lowest BCUT2D eigenvalue weighted by Gasteiger charge is -2.23. The molecule has 2 atom stereocenters. The molecule has 1 N–H and O–H groups in total. The number of carbonyl (C=O) groups is 1. The molecular weight excluding hydrogens is 396 g/mol. The van der Waals surface area contributed by atoms with Crippen LogP contribution in [0.3, 0.4) is 0 Å². The van der Waals surface area contributed by atoms with E-state index in [1.165, 1.54) is 22.0 Å². The Labute approximate surface area is 191 Å². The van der Waals surface area contributed by atoms with Gasteiger partial charge in [0.1, 0.15) is 0 Å². The lowest BCUT2D eigenvalue weighted by molar-refractivity contribution is -0.142. The Kier molecular flexibility index (Phi) is 7.43. The molecule has 1 aliphatic rings. The van der Waals surface area contributed by atoms with Crippen LogP contribution in [0.1, 0.15) is 50.3 Å². The van der Waals surface area contributed by atoms with Crippen LogP contribution >= 0.6 is 0 Å². The van der Waals surface area contributed by atoms with Crippen LogP contribution in [0.25, 0.3) is 10.8 Å². The molecule has 3 aromatic rings. The molecule has 4 nitrogen and oxygen atoms in total. The van der Waals surface area contributed by atoms with E-state index in [1.807, 2.05) is 0 Å². The lowest BCUT2D eigenvalue weighted by Crippen LogP contribution is -2.34. The third kappa shape index (κ3) is 5.49. The van der Waals surface area contributed by atoms with Crippen molar-refractivity contribution in [1.29, 1.82) is 0 Å². The minimum atomic E-state index is -0.140. The van der Waals surface area contributed by atoms with Gasteiger partial charge in [-0.05, 0) is 53.8 Å². The van der Waals surface area contributed by atoms with Crippen LogP contribution in [-0.4, -0.2) is 31.7 Å². The van der Waals surface area contributed by atoms with Crippen molar-refractivity contribution >= 4 is 22.4 Å². The first-order valence-corrected chi connectivity index (χ1v) is 11.9. The van der Waals surface area contributed by atoms with Crippen molar-refractivity contribution in [2.24, 2.45) is 0 Å². The quantitative estimate of drug-likeness (QED) is 0.352. The number of hydrogen-bond donors (Lipinski definition) is 1. The molecule has 0 bridgehead atoms. The molecular formula is C28H34N2O2. The van der Waals surface area contributed by atoms with Crippen molar-refractivity contribution in [1.82, 2.24) is 5.32 Å².